The van der Waals surface area contributed by atoms with Crippen molar-refractivity contribution >= 4 is 17.4 Å². The standard InChI is InChI=1S/C16H27NS/c1-5-7-9-15(10-8-6-2)13(3)11-16-17-12-14(4)18-16/h11-12,15H,5-10H2,1-4H3/b13-11+. The SMILES string of the molecule is CCCCC(CCCC)/C(C)=C/c1ncc(C)s1. The highest BCUT2D eigenvalue weighted by Crippen LogP contribution is 2.26. The minimum absolute atomic E-state index is 0.758. The first-order valence-electron chi connectivity index (χ1n) is 7.28. The molecule has 0 unspecified atom stereocenters. The number of hydrogen-bond acceptors (Lipinski definition) is 2. The van der Waals surface area contributed by atoms with Gasteiger partial charge >= 0.3 is 0 Å². The van der Waals surface area contributed by atoms with E-state index in [9.17, 15) is 0 Å². The summed E-state index contributed by atoms with van der Waals surface area (Å²) in [5, 5.41) is 1.17. The molecule has 102 valence electrons. The lowest BCUT2D eigenvalue weighted by Gasteiger charge is -2.17. The molecule has 0 saturated heterocycles. The van der Waals surface area contributed by atoms with E-state index in [0.29, 0.717) is 0 Å². The van der Waals surface area contributed by atoms with Gasteiger partial charge in [0.15, 0.2) is 0 Å². The first-order valence-corrected chi connectivity index (χ1v) is 8.09. The number of rotatable bonds is 8. The Kier molecular flexibility index (Phi) is 7.26. The molecule has 0 spiro atoms. The minimum atomic E-state index is 0.758. The minimum Gasteiger partial charge on any atom is -0.245 e. The lowest BCUT2D eigenvalue weighted by Crippen LogP contribution is -2.02. The Morgan fingerprint density at radius 1 is 1.28 bits per heavy atom. The van der Waals surface area contributed by atoms with Crippen molar-refractivity contribution in [2.45, 2.75) is 66.2 Å². The summed E-state index contributed by atoms with van der Waals surface area (Å²) in [6.07, 6.45) is 12.2. The quantitative estimate of drug-likeness (QED) is 0.574. The van der Waals surface area contributed by atoms with Crippen molar-refractivity contribution in [1.29, 1.82) is 0 Å². The fourth-order valence-electron chi connectivity index (χ4n) is 2.25. The normalized spacial score (nSPS) is 12.4. The Bertz CT molecular complexity index is 357. The Morgan fingerprint density at radius 2 is 1.89 bits per heavy atom. The molecule has 0 aromatic carbocycles. The van der Waals surface area contributed by atoms with Crippen LogP contribution in [0.4, 0.5) is 0 Å². The third kappa shape index (κ3) is 5.34. The highest BCUT2D eigenvalue weighted by molar-refractivity contribution is 7.12. The molecular weight excluding hydrogens is 238 g/mol. The van der Waals surface area contributed by atoms with Gasteiger partial charge in [0.25, 0.3) is 0 Å². The molecule has 1 aromatic rings. The summed E-state index contributed by atoms with van der Waals surface area (Å²) in [6.45, 7) is 8.96. The molecule has 1 heterocycles. The fraction of sp³-hybridized carbons (Fsp3) is 0.688. The highest BCUT2D eigenvalue weighted by Gasteiger charge is 2.10. The van der Waals surface area contributed by atoms with Gasteiger partial charge in [-0.25, -0.2) is 4.98 Å². The molecule has 0 amide bonds. The zero-order chi connectivity index (χ0) is 13.4. The molecule has 0 radical (unpaired) electrons. The van der Waals surface area contributed by atoms with Crippen LogP contribution in [0, 0.1) is 12.8 Å². The number of aryl methyl sites for hydroxylation is 1. The smallest absolute Gasteiger partial charge is 0.116 e. The predicted molar refractivity (Wildman–Crippen MR) is 83.0 cm³/mol. The molecule has 1 nitrogen and oxygen atoms in total. The lowest BCUT2D eigenvalue weighted by atomic mass is 9.89. The Balaban J connectivity index is 2.66. The van der Waals surface area contributed by atoms with Gasteiger partial charge in [-0.2, -0.15) is 0 Å². The average Bonchev–Trinajstić information content (AvgIpc) is 2.75. The molecule has 18 heavy (non-hydrogen) atoms. The number of aromatic nitrogens is 1. The summed E-state index contributed by atoms with van der Waals surface area (Å²) >= 11 is 1.79. The van der Waals surface area contributed by atoms with E-state index in [1.807, 2.05) is 6.20 Å². The van der Waals surface area contributed by atoms with E-state index >= 15 is 0 Å². The van der Waals surface area contributed by atoms with Crippen LogP contribution in [0.1, 0.15) is 69.2 Å². The van der Waals surface area contributed by atoms with Gasteiger partial charge in [0, 0.05) is 11.1 Å². The molecule has 0 aliphatic carbocycles. The van der Waals surface area contributed by atoms with E-state index < -0.39 is 0 Å². The van der Waals surface area contributed by atoms with Crippen LogP contribution < -0.4 is 0 Å². The Hall–Kier alpha value is -0.630. The van der Waals surface area contributed by atoms with E-state index in [4.69, 9.17) is 0 Å². The molecule has 1 rings (SSSR count). The van der Waals surface area contributed by atoms with Gasteiger partial charge in [0.05, 0.1) is 0 Å². The van der Waals surface area contributed by atoms with Crippen LogP contribution in [0.15, 0.2) is 11.8 Å². The highest BCUT2D eigenvalue weighted by atomic mass is 32.1. The zero-order valence-corrected chi connectivity index (χ0v) is 13.1. The molecule has 0 bridgehead atoms. The van der Waals surface area contributed by atoms with Gasteiger partial charge in [-0.1, -0.05) is 45.1 Å². The largest absolute Gasteiger partial charge is 0.245 e. The van der Waals surface area contributed by atoms with Crippen molar-refractivity contribution in [1.82, 2.24) is 4.98 Å². The van der Waals surface area contributed by atoms with Crippen molar-refractivity contribution in [3.05, 3.63) is 21.7 Å². The van der Waals surface area contributed by atoms with E-state index in [2.05, 4.69) is 38.8 Å². The maximum absolute atomic E-state index is 4.44. The molecule has 2 heteroatoms. The average molecular weight is 265 g/mol. The second-order valence-electron chi connectivity index (χ2n) is 5.18. The van der Waals surface area contributed by atoms with Gasteiger partial charge in [0.2, 0.25) is 0 Å². The summed E-state index contributed by atoms with van der Waals surface area (Å²) < 4.78 is 0. The molecule has 0 aliphatic heterocycles. The molecule has 1 aromatic heterocycles. The molecular formula is C16H27NS. The van der Waals surface area contributed by atoms with Crippen LogP contribution in [0.3, 0.4) is 0 Å². The van der Waals surface area contributed by atoms with E-state index in [1.165, 1.54) is 54.0 Å². The lowest BCUT2D eigenvalue weighted by molar-refractivity contribution is 0.477. The van der Waals surface area contributed by atoms with Gasteiger partial charge in [-0.05, 0) is 38.7 Å². The van der Waals surface area contributed by atoms with Crippen LogP contribution in [-0.2, 0) is 0 Å². The van der Waals surface area contributed by atoms with Crippen LogP contribution in [-0.4, -0.2) is 4.98 Å². The first kappa shape index (κ1) is 15.4. The summed E-state index contributed by atoms with van der Waals surface area (Å²) in [5.41, 5.74) is 1.52. The van der Waals surface area contributed by atoms with Gasteiger partial charge in [-0.3, -0.25) is 0 Å². The number of thiazole rings is 1. The first-order chi connectivity index (χ1) is 8.67. The van der Waals surface area contributed by atoms with Crippen LogP contribution in [0.5, 0.6) is 0 Å². The van der Waals surface area contributed by atoms with E-state index in [-0.39, 0.29) is 0 Å². The summed E-state index contributed by atoms with van der Waals surface area (Å²) in [7, 11) is 0. The predicted octanol–water partition coefficient (Wildman–Crippen LogP) is 5.85. The summed E-state index contributed by atoms with van der Waals surface area (Å²) in [6, 6.07) is 0. The van der Waals surface area contributed by atoms with E-state index in [1.54, 1.807) is 11.3 Å². The number of hydrogen-bond donors (Lipinski definition) is 0. The number of allylic oxidation sites excluding steroid dienone is 1. The van der Waals surface area contributed by atoms with Gasteiger partial charge < -0.3 is 0 Å². The molecule has 0 fully saturated rings. The van der Waals surface area contributed by atoms with Crippen molar-refractivity contribution in [3.8, 4) is 0 Å². The molecule has 0 aliphatic rings. The fourth-order valence-corrected chi connectivity index (χ4v) is 3.04. The van der Waals surface area contributed by atoms with Gasteiger partial charge in [-0.15, -0.1) is 11.3 Å². The maximum atomic E-state index is 4.44. The van der Waals surface area contributed by atoms with Crippen LogP contribution >= 0.6 is 11.3 Å². The van der Waals surface area contributed by atoms with Crippen molar-refractivity contribution in [2.24, 2.45) is 5.92 Å². The Morgan fingerprint density at radius 3 is 2.33 bits per heavy atom. The number of nitrogens with zero attached hydrogens (tertiary/aromatic N) is 1. The van der Waals surface area contributed by atoms with Crippen LogP contribution in [0.2, 0.25) is 0 Å². The second-order valence-corrected chi connectivity index (χ2v) is 6.45. The third-order valence-corrected chi connectivity index (χ3v) is 4.31. The van der Waals surface area contributed by atoms with Crippen molar-refractivity contribution in [2.75, 3.05) is 0 Å². The third-order valence-electron chi connectivity index (χ3n) is 3.45. The van der Waals surface area contributed by atoms with E-state index in [0.717, 1.165) is 5.92 Å². The number of unbranched alkanes of at least 4 members (excludes halogenated alkanes) is 2. The zero-order valence-electron chi connectivity index (χ0n) is 12.3. The summed E-state index contributed by atoms with van der Waals surface area (Å²) in [5.74, 6) is 0.758. The molecule has 0 N–H and O–H groups in total. The van der Waals surface area contributed by atoms with Crippen LogP contribution in [0.25, 0.3) is 6.08 Å². The van der Waals surface area contributed by atoms with Gasteiger partial charge in [0.1, 0.15) is 5.01 Å². The summed E-state index contributed by atoms with van der Waals surface area (Å²) in [4.78, 5) is 5.74. The van der Waals surface area contributed by atoms with Crippen molar-refractivity contribution < 1.29 is 0 Å². The monoisotopic (exact) mass is 265 g/mol. The van der Waals surface area contributed by atoms with Crippen molar-refractivity contribution in [3.63, 3.8) is 0 Å². The second kappa shape index (κ2) is 8.47. The molecule has 0 saturated carbocycles. The Labute approximate surface area is 116 Å². The maximum Gasteiger partial charge on any atom is 0.116 e. The topological polar surface area (TPSA) is 12.9 Å². The molecule has 0 atom stereocenters.